The van der Waals surface area contributed by atoms with Gasteiger partial charge in [-0.15, -0.1) is 0 Å². The van der Waals surface area contributed by atoms with Crippen LogP contribution < -0.4 is 10.5 Å². The maximum Gasteiger partial charge on any atom is 0.121 e. The predicted molar refractivity (Wildman–Crippen MR) is 69.8 cm³/mol. The summed E-state index contributed by atoms with van der Waals surface area (Å²) in [6, 6.07) is 5.76. The zero-order valence-electron chi connectivity index (χ0n) is 9.77. The minimum absolute atomic E-state index is 0.243. The number of methoxy groups -OCH3 is 1. The number of hydrogen-bond acceptors (Lipinski definition) is 4. The molecular weight excluding hydrogens is 222 g/mol. The van der Waals surface area contributed by atoms with E-state index in [2.05, 4.69) is 0 Å². The van der Waals surface area contributed by atoms with Gasteiger partial charge in [0.15, 0.2) is 0 Å². The molecule has 0 spiro atoms. The van der Waals surface area contributed by atoms with Crippen molar-refractivity contribution in [1.29, 1.82) is 0 Å². The summed E-state index contributed by atoms with van der Waals surface area (Å²) < 4.78 is 5.16. The monoisotopic (exact) mass is 241 g/mol. The summed E-state index contributed by atoms with van der Waals surface area (Å²) in [5, 5.41) is 8.90. The van der Waals surface area contributed by atoms with E-state index in [1.54, 1.807) is 18.9 Å². The lowest BCUT2D eigenvalue weighted by molar-refractivity contribution is 0.250. The van der Waals surface area contributed by atoms with Gasteiger partial charge in [-0.1, -0.05) is 6.92 Å². The van der Waals surface area contributed by atoms with Crippen molar-refractivity contribution >= 4 is 17.4 Å². The zero-order chi connectivity index (χ0) is 12.0. The Morgan fingerprint density at radius 3 is 2.81 bits per heavy atom. The van der Waals surface area contributed by atoms with Crippen molar-refractivity contribution in [1.82, 2.24) is 0 Å². The van der Waals surface area contributed by atoms with Crippen LogP contribution in [0.5, 0.6) is 5.75 Å². The van der Waals surface area contributed by atoms with Crippen molar-refractivity contribution in [2.24, 2.45) is 5.92 Å². The van der Waals surface area contributed by atoms with Gasteiger partial charge in [0.1, 0.15) is 5.75 Å². The highest BCUT2D eigenvalue weighted by Gasteiger charge is 2.02. The smallest absolute Gasteiger partial charge is 0.121 e. The third kappa shape index (κ3) is 4.33. The molecule has 1 aromatic carbocycles. The summed E-state index contributed by atoms with van der Waals surface area (Å²) in [5.41, 5.74) is 7.65. The third-order valence-electron chi connectivity index (χ3n) is 2.21. The normalized spacial score (nSPS) is 12.4. The summed E-state index contributed by atoms with van der Waals surface area (Å²) in [5.74, 6) is 2.98. The fourth-order valence-electron chi connectivity index (χ4n) is 1.32. The van der Waals surface area contributed by atoms with Crippen molar-refractivity contribution in [3.05, 3.63) is 23.8 Å². The van der Waals surface area contributed by atoms with E-state index in [-0.39, 0.29) is 6.61 Å². The van der Waals surface area contributed by atoms with E-state index < -0.39 is 0 Å². The second-order valence-corrected chi connectivity index (χ2v) is 4.95. The second-order valence-electron chi connectivity index (χ2n) is 3.92. The van der Waals surface area contributed by atoms with Crippen LogP contribution in [0.15, 0.2) is 18.2 Å². The average molecular weight is 241 g/mol. The standard InChI is InChI=1S/C12H19NO2S/c1-9(6-14)7-16-8-10-3-11(13)5-12(4-10)15-2/h3-5,9,14H,6-8,13H2,1-2H3. The van der Waals surface area contributed by atoms with Crippen molar-refractivity contribution < 1.29 is 9.84 Å². The molecule has 0 bridgehead atoms. The van der Waals surface area contributed by atoms with Gasteiger partial charge in [-0.25, -0.2) is 0 Å². The Bertz CT molecular complexity index is 331. The molecule has 0 amide bonds. The molecule has 4 heteroatoms. The Morgan fingerprint density at radius 2 is 2.19 bits per heavy atom. The van der Waals surface area contributed by atoms with Crippen LogP contribution in [-0.2, 0) is 5.75 Å². The highest BCUT2D eigenvalue weighted by atomic mass is 32.2. The van der Waals surface area contributed by atoms with Crippen LogP contribution in [-0.4, -0.2) is 24.6 Å². The van der Waals surface area contributed by atoms with Crippen LogP contribution in [0.25, 0.3) is 0 Å². The fraction of sp³-hybridized carbons (Fsp3) is 0.500. The van der Waals surface area contributed by atoms with Crippen molar-refractivity contribution in [3.63, 3.8) is 0 Å². The minimum atomic E-state index is 0.243. The molecule has 90 valence electrons. The van der Waals surface area contributed by atoms with Gasteiger partial charge < -0.3 is 15.6 Å². The Morgan fingerprint density at radius 1 is 1.44 bits per heavy atom. The molecule has 3 N–H and O–H groups in total. The van der Waals surface area contributed by atoms with E-state index in [9.17, 15) is 0 Å². The molecule has 0 saturated heterocycles. The number of benzene rings is 1. The molecular formula is C12H19NO2S. The molecule has 1 unspecified atom stereocenters. The molecule has 0 saturated carbocycles. The number of anilines is 1. The molecule has 0 aliphatic carbocycles. The lowest BCUT2D eigenvalue weighted by Crippen LogP contribution is -2.03. The van der Waals surface area contributed by atoms with Crippen LogP contribution in [0.2, 0.25) is 0 Å². The SMILES string of the molecule is COc1cc(N)cc(CSCC(C)CO)c1. The first-order valence-electron chi connectivity index (χ1n) is 5.27. The first-order valence-corrected chi connectivity index (χ1v) is 6.43. The van der Waals surface area contributed by atoms with Gasteiger partial charge in [0, 0.05) is 24.1 Å². The largest absolute Gasteiger partial charge is 0.497 e. The number of rotatable bonds is 6. The Kier molecular flexibility index (Phi) is 5.49. The van der Waals surface area contributed by atoms with Gasteiger partial charge in [-0.05, 0) is 29.4 Å². The predicted octanol–water partition coefficient (Wildman–Crippen LogP) is 2.14. The van der Waals surface area contributed by atoms with Gasteiger partial charge in [0.2, 0.25) is 0 Å². The van der Waals surface area contributed by atoms with Crippen LogP contribution in [0, 0.1) is 5.92 Å². The number of nitrogens with two attached hydrogens (primary N) is 1. The van der Waals surface area contributed by atoms with Crippen molar-refractivity contribution in [3.8, 4) is 5.75 Å². The summed E-state index contributed by atoms with van der Waals surface area (Å²) in [4.78, 5) is 0. The number of thioether (sulfide) groups is 1. The van der Waals surface area contributed by atoms with E-state index in [1.807, 2.05) is 25.1 Å². The molecule has 1 rings (SSSR count). The van der Waals surface area contributed by atoms with Gasteiger partial charge in [-0.2, -0.15) is 11.8 Å². The van der Waals surface area contributed by atoms with Crippen LogP contribution in [0.4, 0.5) is 5.69 Å². The molecule has 0 heterocycles. The Hall–Kier alpha value is -0.870. The molecule has 1 aromatic rings. The Labute approximate surface area is 101 Å². The maximum atomic E-state index is 8.90. The molecule has 0 radical (unpaired) electrons. The number of hydrogen-bond donors (Lipinski definition) is 2. The van der Waals surface area contributed by atoms with E-state index in [0.29, 0.717) is 5.92 Å². The van der Waals surface area contributed by atoms with Gasteiger partial charge in [-0.3, -0.25) is 0 Å². The van der Waals surface area contributed by atoms with Crippen molar-refractivity contribution in [2.45, 2.75) is 12.7 Å². The first kappa shape index (κ1) is 13.2. The Balaban J connectivity index is 2.50. The molecule has 16 heavy (non-hydrogen) atoms. The van der Waals surface area contributed by atoms with Gasteiger partial charge >= 0.3 is 0 Å². The summed E-state index contributed by atoms with van der Waals surface area (Å²) in [6.45, 7) is 2.28. The zero-order valence-corrected chi connectivity index (χ0v) is 10.6. The van der Waals surface area contributed by atoms with E-state index >= 15 is 0 Å². The van der Waals surface area contributed by atoms with E-state index in [1.165, 1.54) is 0 Å². The quantitative estimate of drug-likeness (QED) is 0.749. The summed E-state index contributed by atoms with van der Waals surface area (Å²) in [7, 11) is 1.64. The molecule has 1 atom stereocenters. The van der Waals surface area contributed by atoms with Crippen molar-refractivity contribution in [2.75, 3.05) is 25.2 Å². The van der Waals surface area contributed by atoms with Gasteiger partial charge in [0.05, 0.1) is 7.11 Å². The maximum absolute atomic E-state index is 8.90. The molecule has 0 aromatic heterocycles. The average Bonchev–Trinajstić information content (AvgIpc) is 2.28. The minimum Gasteiger partial charge on any atom is -0.497 e. The molecule has 0 aliphatic heterocycles. The number of ether oxygens (including phenoxy) is 1. The lowest BCUT2D eigenvalue weighted by Gasteiger charge is -2.09. The number of nitrogen functional groups attached to an aromatic ring is 1. The molecule has 0 fully saturated rings. The summed E-state index contributed by atoms with van der Waals surface area (Å²) in [6.07, 6.45) is 0. The molecule has 3 nitrogen and oxygen atoms in total. The number of aliphatic hydroxyl groups is 1. The van der Waals surface area contributed by atoms with Crippen LogP contribution in [0.1, 0.15) is 12.5 Å². The highest BCUT2D eigenvalue weighted by molar-refractivity contribution is 7.98. The highest BCUT2D eigenvalue weighted by Crippen LogP contribution is 2.22. The topological polar surface area (TPSA) is 55.5 Å². The number of aliphatic hydroxyl groups excluding tert-OH is 1. The summed E-state index contributed by atoms with van der Waals surface area (Å²) >= 11 is 1.80. The first-order chi connectivity index (χ1) is 7.65. The van der Waals surface area contributed by atoms with Crippen LogP contribution in [0.3, 0.4) is 0 Å². The van der Waals surface area contributed by atoms with E-state index in [0.717, 1.165) is 28.5 Å². The van der Waals surface area contributed by atoms with Gasteiger partial charge in [0.25, 0.3) is 0 Å². The molecule has 0 aliphatic rings. The van der Waals surface area contributed by atoms with Crippen LogP contribution >= 0.6 is 11.8 Å². The second kappa shape index (κ2) is 6.66. The van der Waals surface area contributed by atoms with E-state index in [4.69, 9.17) is 15.6 Å². The third-order valence-corrected chi connectivity index (χ3v) is 3.55. The fourth-order valence-corrected chi connectivity index (χ4v) is 2.35. The lowest BCUT2D eigenvalue weighted by atomic mass is 10.2.